The first kappa shape index (κ1) is 11.3. The molecule has 1 heterocycles. The molecular formula is C14H16N2O2. The third-order valence-electron chi connectivity index (χ3n) is 3.86. The first-order chi connectivity index (χ1) is 8.68. The summed E-state index contributed by atoms with van der Waals surface area (Å²) >= 11 is 0. The molecule has 0 spiro atoms. The molecule has 4 nitrogen and oxygen atoms in total. The zero-order valence-electron chi connectivity index (χ0n) is 10.4. The van der Waals surface area contributed by atoms with E-state index in [9.17, 15) is 9.59 Å². The van der Waals surface area contributed by atoms with Crippen LogP contribution in [0, 0.1) is 6.92 Å². The van der Waals surface area contributed by atoms with Gasteiger partial charge in [-0.1, -0.05) is 25.0 Å². The number of aryl methyl sites for hydroxylation is 1. The molecule has 18 heavy (non-hydrogen) atoms. The van der Waals surface area contributed by atoms with E-state index in [2.05, 4.69) is 4.98 Å². The van der Waals surface area contributed by atoms with E-state index in [0.29, 0.717) is 10.9 Å². The van der Waals surface area contributed by atoms with Gasteiger partial charge in [0.2, 0.25) is 0 Å². The van der Waals surface area contributed by atoms with Gasteiger partial charge in [0.1, 0.15) is 0 Å². The Kier molecular flexibility index (Phi) is 2.58. The molecule has 0 amide bonds. The number of fused-ring (bicyclic) bond motifs is 1. The van der Waals surface area contributed by atoms with E-state index in [1.807, 2.05) is 19.1 Å². The van der Waals surface area contributed by atoms with Crippen molar-refractivity contribution < 1.29 is 0 Å². The van der Waals surface area contributed by atoms with Crippen LogP contribution in [0.5, 0.6) is 0 Å². The molecule has 1 aliphatic carbocycles. The van der Waals surface area contributed by atoms with Gasteiger partial charge in [-0.15, -0.1) is 0 Å². The molecule has 0 radical (unpaired) electrons. The summed E-state index contributed by atoms with van der Waals surface area (Å²) in [7, 11) is 0. The number of aromatic nitrogens is 2. The van der Waals surface area contributed by atoms with Gasteiger partial charge in [0, 0.05) is 6.04 Å². The molecule has 0 bridgehead atoms. The fourth-order valence-corrected chi connectivity index (χ4v) is 2.90. The van der Waals surface area contributed by atoms with Crippen molar-refractivity contribution in [2.24, 2.45) is 0 Å². The molecule has 0 atom stereocenters. The monoisotopic (exact) mass is 244 g/mol. The third kappa shape index (κ3) is 1.60. The molecule has 1 fully saturated rings. The Labute approximate surface area is 104 Å². The van der Waals surface area contributed by atoms with Gasteiger partial charge in [0.05, 0.1) is 10.9 Å². The Morgan fingerprint density at radius 1 is 1.22 bits per heavy atom. The second-order valence-corrected chi connectivity index (χ2v) is 5.04. The number of H-pyrrole nitrogens is 1. The van der Waals surface area contributed by atoms with Crippen molar-refractivity contribution in [2.45, 2.75) is 38.6 Å². The van der Waals surface area contributed by atoms with Crippen LogP contribution in [0.1, 0.15) is 37.3 Å². The van der Waals surface area contributed by atoms with Gasteiger partial charge in [0.15, 0.2) is 0 Å². The minimum atomic E-state index is -0.270. The van der Waals surface area contributed by atoms with E-state index in [-0.39, 0.29) is 17.3 Å². The molecule has 4 heteroatoms. The molecule has 0 saturated heterocycles. The predicted molar refractivity (Wildman–Crippen MR) is 71.1 cm³/mol. The van der Waals surface area contributed by atoms with E-state index >= 15 is 0 Å². The molecular weight excluding hydrogens is 228 g/mol. The molecule has 2 aromatic rings. The van der Waals surface area contributed by atoms with E-state index < -0.39 is 0 Å². The van der Waals surface area contributed by atoms with E-state index in [0.717, 1.165) is 31.2 Å². The lowest BCUT2D eigenvalue weighted by molar-refractivity contribution is 0.483. The first-order valence-corrected chi connectivity index (χ1v) is 6.42. The standard InChI is InChI=1S/C14H16N2O2/c1-9-5-4-8-11-12(9)15-14(18)16(13(11)17)10-6-2-3-7-10/h4-5,8,10H,2-3,6-7H2,1H3,(H,15,18). The van der Waals surface area contributed by atoms with Gasteiger partial charge in [-0.2, -0.15) is 0 Å². The van der Waals surface area contributed by atoms with Crippen LogP contribution in [0.4, 0.5) is 0 Å². The highest BCUT2D eigenvalue weighted by Gasteiger charge is 2.21. The molecule has 3 rings (SSSR count). The number of aromatic amines is 1. The highest BCUT2D eigenvalue weighted by molar-refractivity contribution is 5.80. The lowest BCUT2D eigenvalue weighted by atomic mass is 10.1. The lowest BCUT2D eigenvalue weighted by Crippen LogP contribution is -2.37. The predicted octanol–water partition coefficient (Wildman–Crippen LogP) is 2.11. The van der Waals surface area contributed by atoms with E-state index in [1.165, 1.54) is 4.57 Å². The summed E-state index contributed by atoms with van der Waals surface area (Å²) < 4.78 is 1.41. The highest BCUT2D eigenvalue weighted by Crippen LogP contribution is 2.27. The van der Waals surface area contributed by atoms with Crippen molar-refractivity contribution in [1.82, 2.24) is 9.55 Å². The molecule has 0 aliphatic heterocycles. The summed E-state index contributed by atoms with van der Waals surface area (Å²) in [6, 6.07) is 5.62. The highest BCUT2D eigenvalue weighted by atomic mass is 16.2. The summed E-state index contributed by atoms with van der Waals surface area (Å²) in [5.74, 6) is 0. The zero-order chi connectivity index (χ0) is 12.7. The van der Waals surface area contributed by atoms with Crippen LogP contribution in [0.15, 0.2) is 27.8 Å². The quantitative estimate of drug-likeness (QED) is 0.835. The van der Waals surface area contributed by atoms with Crippen molar-refractivity contribution in [3.05, 3.63) is 44.6 Å². The number of para-hydroxylation sites is 1. The van der Waals surface area contributed by atoms with Crippen LogP contribution < -0.4 is 11.2 Å². The molecule has 1 aromatic heterocycles. The second-order valence-electron chi connectivity index (χ2n) is 5.04. The summed E-state index contributed by atoms with van der Waals surface area (Å²) in [6.45, 7) is 1.90. The summed E-state index contributed by atoms with van der Waals surface area (Å²) in [5, 5.41) is 0.613. The number of benzene rings is 1. The van der Waals surface area contributed by atoms with Crippen LogP contribution in [0.25, 0.3) is 10.9 Å². The topological polar surface area (TPSA) is 54.9 Å². The smallest absolute Gasteiger partial charge is 0.306 e. The zero-order valence-corrected chi connectivity index (χ0v) is 10.4. The van der Waals surface area contributed by atoms with Crippen LogP contribution in [-0.4, -0.2) is 9.55 Å². The largest absolute Gasteiger partial charge is 0.329 e. The van der Waals surface area contributed by atoms with Crippen LogP contribution in [0.3, 0.4) is 0 Å². The molecule has 1 aromatic carbocycles. The van der Waals surface area contributed by atoms with Gasteiger partial charge in [-0.25, -0.2) is 4.79 Å². The van der Waals surface area contributed by atoms with Crippen LogP contribution in [-0.2, 0) is 0 Å². The fraction of sp³-hybridized carbons (Fsp3) is 0.429. The Bertz CT molecular complexity index is 706. The van der Waals surface area contributed by atoms with Gasteiger partial charge in [-0.05, 0) is 31.4 Å². The third-order valence-corrected chi connectivity index (χ3v) is 3.86. The Morgan fingerprint density at radius 3 is 2.67 bits per heavy atom. The van der Waals surface area contributed by atoms with Crippen molar-refractivity contribution in [2.75, 3.05) is 0 Å². The van der Waals surface area contributed by atoms with E-state index in [1.54, 1.807) is 6.07 Å². The maximum Gasteiger partial charge on any atom is 0.329 e. The average Bonchev–Trinajstić information content (AvgIpc) is 2.84. The summed E-state index contributed by atoms with van der Waals surface area (Å²) in [6.07, 6.45) is 4.06. The molecule has 0 unspecified atom stereocenters. The Morgan fingerprint density at radius 2 is 1.94 bits per heavy atom. The minimum Gasteiger partial charge on any atom is -0.306 e. The van der Waals surface area contributed by atoms with Crippen molar-refractivity contribution in [3.8, 4) is 0 Å². The minimum absolute atomic E-state index is 0.0752. The molecule has 94 valence electrons. The molecule has 1 saturated carbocycles. The van der Waals surface area contributed by atoms with E-state index in [4.69, 9.17) is 0 Å². The maximum absolute atomic E-state index is 12.4. The normalized spacial score (nSPS) is 16.5. The Balaban J connectivity index is 2.34. The van der Waals surface area contributed by atoms with Gasteiger partial charge in [0.25, 0.3) is 5.56 Å². The van der Waals surface area contributed by atoms with Crippen LogP contribution in [0.2, 0.25) is 0 Å². The lowest BCUT2D eigenvalue weighted by Gasteiger charge is -2.13. The van der Waals surface area contributed by atoms with Crippen molar-refractivity contribution in [3.63, 3.8) is 0 Å². The van der Waals surface area contributed by atoms with Gasteiger partial charge >= 0.3 is 5.69 Å². The number of hydrogen-bond donors (Lipinski definition) is 1. The number of nitrogens with one attached hydrogen (secondary N) is 1. The molecule has 1 N–H and O–H groups in total. The second kappa shape index (κ2) is 4.12. The maximum atomic E-state index is 12.4. The summed E-state index contributed by atoms with van der Waals surface area (Å²) in [4.78, 5) is 27.4. The number of rotatable bonds is 1. The molecule has 1 aliphatic rings. The fourth-order valence-electron chi connectivity index (χ4n) is 2.90. The average molecular weight is 244 g/mol. The first-order valence-electron chi connectivity index (χ1n) is 6.42. The SMILES string of the molecule is Cc1cccc2c(=O)n(C3CCCC3)c(=O)[nH]c12. The number of nitrogens with zero attached hydrogens (tertiary/aromatic N) is 1. The van der Waals surface area contributed by atoms with Gasteiger partial charge < -0.3 is 4.98 Å². The Hall–Kier alpha value is -1.84. The van der Waals surface area contributed by atoms with Crippen LogP contribution >= 0.6 is 0 Å². The summed E-state index contributed by atoms with van der Waals surface area (Å²) in [5.41, 5.74) is 1.18. The number of hydrogen-bond acceptors (Lipinski definition) is 2. The van der Waals surface area contributed by atoms with Gasteiger partial charge in [-0.3, -0.25) is 9.36 Å². The van der Waals surface area contributed by atoms with Crippen molar-refractivity contribution >= 4 is 10.9 Å². The van der Waals surface area contributed by atoms with Crippen molar-refractivity contribution in [1.29, 1.82) is 0 Å².